The third-order valence-corrected chi connectivity index (χ3v) is 2.00. The second-order valence-corrected chi connectivity index (χ2v) is 2.89. The van der Waals surface area contributed by atoms with Crippen molar-refractivity contribution in [1.29, 1.82) is 0 Å². The monoisotopic (exact) mass is 194 g/mol. The maximum absolute atomic E-state index is 10.9. The third-order valence-electron chi connectivity index (χ3n) is 2.00. The van der Waals surface area contributed by atoms with Crippen molar-refractivity contribution in [3.63, 3.8) is 0 Å². The number of rotatable bonds is 4. The highest BCUT2D eigenvalue weighted by Crippen LogP contribution is 2.24. The standard InChI is InChI=1S/C11H14O3/c1-3-8-6-5-7-9(11(12)13)10(8)14-4-2/h5-7H,3-4H2,1-2H3,(H,12,13). The number of carboxylic acids is 1. The van der Waals surface area contributed by atoms with Crippen LogP contribution in [0.5, 0.6) is 5.75 Å². The van der Waals surface area contributed by atoms with E-state index >= 15 is 0 Å². The summed E-state index contributed by atoms with van der Waals surface area (Å²) < 4.78 is 5.34. The second-order valence-electron chi connectivity index (χ2n) is 2.89. The number of benzene rings is 1. The van der Waals surface area contributed by atoms with E-state index in [2.05, 4.69) is 0 Å². The lowest BCUT2D eigenvalue weighted by molar-refractivity contribution is 0.0692. The topological polar surface area (TPSA) is 46.5 Å². The molecular formula is C11H14O3. The van der Waals surface area contributed by atoms with E-state index in [1.165, 1.54) is 0 Å². The van der Waals surface area contributed by atoms with Gasteiger partial charge < -0.3 is 9.84 Å². The molecule has 0 aliphatic heterocycles. The van der Waals surface area contributed by atoms with E-state index in [9.17, 15) is 4.79 Å². The zero-order valence-electron chi connectivity index (χ0n) is 8.41. The lowest BCUT2D eigenvalue weighted by Gasteiger charge is -2.11. The van der Waals surface area contributed by atoms with Crippen molar-refractivity contribution < 1.29 is 14.6 Å². The molecule has 0 atom stereocenters. The van der Waals surface area contributed by atoms with E-state index in [0.29, 0.717) is 12.4 Å². The summed E-state index contributed by atoms with van der Waals surface area (Å²) in [6, 6.07) is 5.19. The van der Waals surface area contributed by atoms with Crippen molar-refractivity contribution in [2.45, 2.75) is 20.3 Å². The Kier molecular flexibility index (Phi) is 3.51. The van der Waals surface area contributed by atoms with Crippen LogP contribution in [0.3, 0.4) is 0 Å². The van der Waals surface area contributed by atoms with Crippen LogP contribution in [-0.4, -0.2) is 17.7 Å². The van der Waals surface area contributed by atoms with Crippen LogP contribution in [0.1, 0.15) is 29.8 Å². The number of hydrogen-bond donors (Lipinski definition) is 1. The summed E-state index contributed by atoms with van der Waals surface area (Å²) in [5.74, 6) is -0.436. The Bertz CT molecular complexity index is 331. The number of carbonyl (C=O) groups is 1. The number of aryl methyl sites for hydroxylation is 1. The first-order valence-corrected chi connectivity index (χ1v) is 4.68. The first-order chi connectivity index (χ1) is 6.70. The summed E-state index contributed by atoms with van der Waals surface area (Å²) in [6.07, 6.45) is 0.774. The van der Waals surface area contributed by atoms with E-state index in [1.54, 1.807) is 12.1 Å². The minimum atomic E-state index is -0.941. The van der Waals surface area contributed by atoms with Gasteiger partial charge in [-0.2, -0.15) is 0 Å². The molecule has 1 rings (SSSR count). The Morgan fingerprint density at radius 2 is 2.14 bits per heavy atom. The lowest BCUT2D eigenvalue weighted by atomic mass is 10.1. The molecule has 0 radical (unpaired) electrons. The maximum Gasteiger partial charge on any atom is 0.339 e. The number of carboxylic acid groups (broad SMARTS) is 1. The van der Waals surface area contributed by atoms with E-state index in [-0.39, 0.29) is 5.56 Å². The first kappa shape index (κ1) is 10.6. The second kappa shape index (κ2) is 4.65. The average Bonchev–Trinajstić information content (AvgIpc) is 2.18. The molecule has 0 aliphatic carbocycles. The fraction of sp³-hybridized carbons (Fsp3) is 0.364. The van der Waals surface area contributed by atoms with Crippen LogP contribution < -0.4 is 4.74 Å². The summed E-state index contributed by atoms with van der Waals surface area (Å²) >= 11 is 0. The molecule has 0 saturated carbocycles. The summed E-state index contributed by atoms with van der Waals surface area (Å²) in [5.41, 5.74) is 1.18. The van der Waals surface area contributed by atoms with Crippen molar-refractivity contribution in [3.8, 4) is 5.75 Å². The van der Waals surface area contributed by atoms with Crippen molar-refractivity contribution in [3.05, 3.63) is 29.3 Å². The summed E-state index contributed by atoms with van der Waals surface area (Å²) in [6.45, 7) is 4.30. The van der Waals surface area contributed by atoms with Gasteiger partial charge in [-0.3, -0.25) is 0 Å². The van der Waals surface area contributed by atoms with Gasteiger partial charge in [0.1, 0.15) is 11.3 Å². The molecule has 0 unspecified atom stereocenters. The molecule has 0 aromatic heterocycles. The van der Waals surface area contributed by atoms with Gasteiger partial charge in [-0.1, -0.05) is 19.1 Å². The molecule has 0 aliphatic rings. The van der Waals surface area contributed by atoms with E-state index in [0.717, 1.165) is 12.0 Å². The minimum Gasteiger partial charge on any atom is -0.493 e. The van der Waals surface area contributed by atoms with E-state index < -0.39 is 5.97 Å². The Balaban J connectivity index is 3.20. The molecule has 0 spiro atoms. The van der Waals surface area contributed by atoms with Gasteiger partial charge in [0.05, 0.1) is 6.61 Å². The van der Waals surface area contributed by atoms with Gasteiger partial charge in [-0.25, -0.2) is 4.79 Å². The van der Waals surface area contributed by atoms with Crippen molar-refractivity contribution in [2.75, 3.05) is 6.61 Å². The van der Waals surface area contributed by atoms with Gasteiger partial charge >= 0.3 is 5.97 Å². The average molecular weight is 194 g/mol. The van der Waals surface area contributed by atoms with Gasteiger partial charge in [-0.15, -0.1) is 0 Å². The molecule has 0 bridgehead atoms. The lowest BCUT2D eigenvalue weighted by Crippen LogP contribution is -2.05. The highest BCUT2D eigenvalue weighted by atomic mass is 16.5. The van der Waals surface area contributed by atoms with Gasteiger partial charge in [0, 0.05) is 0 Å². The smallest absolute Gasteiger partial charge is 0.339 e. The third kappa shape index (κ3) is 2.05. The Morgan fingerprint density at radius 3 is 2.64 bits per heavy atom. The highest BCUT2D eigenvalue weighted by Gasteiger charge is 2.13. The molecule has 0 saturated heterocycles. The van der Waals surface area contributed by atoms with E-state index in [1.807, 2.05) is 19.9 Å². The molecule has 3 heteroatoms. The molecule has 0 heterocycles. The number of aromatic carboxylic acids is 1. The van der Waals surface area contributed by atoms with E-state index in [4.69, 9.17) is 9.84 Å². The van der Waals surface area contributed by atoms with Crippen molar-refractivity contribution in [1.82, 2.24) is 0 Å². The zero-order valence-corrected chi connectivity index (χ0v) is 8.41. The van der Waals surface area contributed by atoms with Gasteiger partial charge in [-0.05, 0) is 25.0 Å². The Labute approximate surface area is 83.3 Å². The highest BCUT2D eigenvalue weighted by molar-refractivity contribution is 5.91. The van der Waals surface area contributed by atoms with Crippen LogP contribution in [0.25, 0.3) is 0 Å². The zero-order chi connectivity index (χ0) is 10.6. The fourth-order valence-electron chi connectivity index (χ4n) is 1.35. The molecule has 0 fully saturated rings. The molecule has 1 N–H and O–H groups in total. The number of ether oxygens (including phenoxy) is 1. The molecule has 1 aromatic rings. The molecule has 0 amide bonds. The summed E-state index contributed by atoms with van der Waals surface area (Å²) in [5, 5.41) is 8.93. The largest absolute Gasteiger partial charge is 0.493 e. The van der Waals surface area contributed by atoms with Crippen LogP contribution in [0.15, 0.2) is 18.2 Å². The fourth-order valence-corrected chi connectivity index (χ4v) is 1.35. The molecule has 76 valence electrons. The molecular weight excluding hydrogens is 180 g/mol. The van der Waals surface area contributed by atoms with Gasteiger partial charge in [0.25, 0.3) is 0 Å². The minimum absolute atomic E-state index is 0.242. The summed E-state index contributed by atoms with van der Waals surface area (Å²) in [4.78, 5) is 10.9. The predicted molar refractivity (Wildman–Crippen MR) is 53.9 cm³/mol. The number of hydrogen-bond acceptors (Lipinski definition) is 2. The normalized spacial score (nSPS) is 9.86. The van der Waals surface area contributed by atoms with Crippen LogP contribution >= 0.6 is 0 Å². The van der Waals surface area contributed by atoms with Crippen molar-refractivity contribution >= 4 is 5.97 Å². The van der Waals surface area contributed by atoms with Crippen LogP contribution in [-0.2, 0) is 6.42 Å². The SMILES string of the molecule is CCOc1c(CC)cccc1C(=O)O. The van der Waals surface area contributed by atoms with Crippen LogP contribution in [0.4, 0.5) is 0 Å². The quantitative estimate of drug-likeness (QED) is 0.800. The summed E-state index contributed by atoms with van der Waals surface area (Å²) in [7, 11) is 0. The number of para-hydroxylation sites is 1. The van der Waals surface area contributed by atoms with Gasteiger partial charge in [0.2, 0.25) is 0 Å². The van der Waals surface area contributed by atoms with Gasteiger partial charge in [0.15, 0.2) is 0 Å². The van der Waals surface area contributed by atoms with Crippen LogP contribution in [0.2, 0.25) is 0 Å². The molecule has 3 nitrogen and oxygen atoms in total. The Morgan fingerprint density at radius 1 is 1.43 bits per heavy atom. The first-order valence-electron chi connectivity index (χ1n) is 4.68. The Hall–Kier alpha value is -1.51. The molecule has 14 heavy (non-hydrogen) atoms. The maximum atomic E-state index is 10.9. The molecule has 1 aromatic carbocycles. The van der Waals surface area contributed by atoms with Crippen molar-refractivity contribution in [2.24, 2.45) is 0 Å². The van der Waals surface area contributed by atoms with Crippen LogP contribution in [0, 0.1) is 0 Å². The predicted octanol–water partition coefficient (Wildman–Crippen LogP) is 2.35.